The summed E-state index contributed by atoms with van der Waals surface area (Å²) in [5.74, 6) is -0.103. The van der Waals surface area contributed by atoms with E-state index in [1.807, 2.05) is 6.07 Å². The van der Waals surface area contributed by atoms with E-state index in [1.54, 1.807) is 20.8 Å². The standard InChI is InChI=1S/C12H18N2O3/c1-8(15)10-6-5-9(7-13)14(10)11(16)17-12(2,3)4/h9-10H,5-6H2,1-4H3/t9?,10-/m0/s1. The Balaban J connectivity index is 2.86. The molecule has 1 rings (SSSR count). The zero-order valence-electron chi connectivity index (χ0n) is 10.7. The van der Waals surface area contributed by atoms with E-state index in [9.17, 15) is 9.59 Å². The smallest absolute Gasteiger partial charge is 0.411 e. The summed E-state index contributed by atoms with van der Waals surface area (Å²) in [4.78, 5) is 24.6. The van der Waals surface area contributed by atoms with Crippen LogP contribution in [0, 0.1) is 11.3 Å². The number of ether oxygens (including phenoxy) is 1. The summed E-state index contributed by atoms with van der Waals surface area (Å²) in [6.07, 6.45) is 0.481. The second kappa shape index (κ2) is 4.74. The number of carbonyl (C=O) groups is 2. The third-order valence-electron chi connectivity index (χ3n) is 2.61. The summed E-state index contributed by atoms with van der Waals surface area (Å²) in [5, 5.41) is 8.97. The third kappa shape index (κ3) is 3.19. The number of nitriles is 1. The molecule has 17 heavy (non-hydrogen) atoms. The minimum absolute atomic E-state index is 0.103. The number of rotatable bonds is 1. The van der Waals surface area contributed by atoms with E-state index >= 15 is 0 Å². The fourth-order valence-electron chi connectivity index (χ4n) is 1.91. The van der Waals surface area contributed by atoms with Gasteiger partial charge in [-0.3, -0.25) is 9.69 Å². The summed E-state index contributed by atoms with van der Waals surface area (Å²) in [5.41, 5.74) is -0.624. The first-order chi connectivity index (χ1) is 7.76. The van der Waals surface area contributed by atoms with E-state index in [0.29, 0.717) is 12.8 Å². The lowest BCUT2D eigenvalue weighted by Crippen LogP contribution is -2.46. The number of carbonyl (C=O) groups excluding carboxylic acids is 2. The maximum atomic E-state index is 11.9. The number of amides is 1. The second-order valence-electron chi connectivity index (χ2n) is 5.24. The zero-order chi connectivity index (χ0) is 13.2. The predicted octanol–water partition coefficient (Wildman–Crippen LogP) is 1.87. The Morgan fingerprint density at radius 3 is 2.35 bits per heavy atom. The van der Waals surface area contributed by atoms with Crippen LogP contribution in [-0.4, -0.2) is 34.5 Å². The fraction of sp³-hybridized carbons (Fsp3) is 0.750. The Morgan fingerprint density at radius 2 is 1.94 bits per heavy atom. The van der Waals surface area contributed by atoms with Crippen LogP contribution >= 0.6 is 0 Å². The number of ketones is 1. The Hall–Kier alpha value is -1.57. The summed E-state index contributed by atoms with van der Waals surface area (Å²) in [6.45, 7) is 6.70. The van der Waals surface area contributed by atoms with Gasteiger partial charge >= 0.3 is 6.09 Å². The van der Waals surface area contributed by atoms with Crippen molar-refractivity contribution in [3.05, 3.63) is 0 Å². The topological polar surface area (TPSA) is 70.4 Å². The molecule has 1 unspecified atom stereocenters. The minimum Gasteiger partial charge on any atom is -0.444 e. The summed E-state index contributed by atoms with van der Waals surface area (Å²) in [7, 11) is 0. The molecule has 0 spiro atoms. The average Bonchev–Trinajstić information content (AvgIpc) is 2.57. The predicted molar refractivity (Wildman–Crippen MR) is 61.2 cm³/mol. The van der Waals surface area contributed by atoms with Gasteiger partial charge in [-0.25, -0.2) is 4.79 Å². The van der Waals surface area contributed by atoms with Gasteiger partial charge in [0, 0.05) is 0 Å². The van der Waals surface area contributed by atoms with Crippen molar-refractivity contribution in [2.75, 3.05) is 0 Å². The minimum atomic E-state index is -0.624. The summed E-state index contributed by atoms with van der Waals surface area (Å²) < 4.78 is 5.22. The van der Waals surface area contributed by atoms with Crippen LogP contribution in [0.2, 0.25) is 0 Å². The van der Waals surface area contributed by atoms with Gasteiger partial charge in [0.15, 0.2) is 5.78 Å². The molecule has 5 heteroatoms. The fourth-order valence-corrected chi connectivity index (χ4v) is 1.91. The van der Waals surface area contributed by atoms with Gasteiger partial charge in [0.2, 0.25) is 0 Å². The molecule has 0 aromatic carbocycles. The van der Waals surface area contributed by atoms with Gasteiger partial charge in [0.25, 0.3) is 0 Å². The summed E-state index contributed by atoms with van der Waals surface area (Å²) >= 11 is 0. The number of nitrogens with zero attached hydrogens (tertiary/aromatic N) is 2. The first-order valence-electron chi connectivity index (χ1n) is 5.67. The lowest BCUT2D eigenvalue weighted by atomic mass is 10.1. The first-order valence-corrected chi connectivity index (χ1v) is 5.67. The van der Waals surface area contributed by atoms with E-state index in [2.05, 4.69) is 0 Å². The largest absolute Gasteiger partial charge is 0.444 e. The first kappa shape index (κ1) is 13.5. The molecule has 1 aliphatic heterocycles. The molecule has 0 N–H and O–H groups in total. The highest BCUT2D eigenvalue weighted by molar-refractivity contribution is 5.86. The molecule has 1 amide bonds. The van der Waals surface area contributed by atoms with Crippen molar-refractivity contribution < 1.29 is 14.3 Å². The van der Waals surface area contributed by atoms with Crippen molar-refractivity contribution in [3.63, 3.8) is 0 Å². The molecule has 1 aliphatic rings. The Bertz CT molecular complexity index is 365. The number of hydrogen-bond acceptors (Lipinski definition) is 4. The number of likely N-dealkylation sites (tertiary alicyclic amines) is 1. The molecule has 1 saturated heterocycles. The van der Waals surface area contributed by atoms with Crippen LogP contribution in [0.1, 0.15) is 40.5 Å². The molecule has 1 heterocycles. The molecular formula is C12H18N2O3. The van der Waals surface area contributed by atoms with Gasteiger partial charge in [0.1, 0.15) is 11.6 Å². The monoisotopic (exact) mass is 238 g/mol. The van der Waals surface area contributed by atoms with Crippen molar-refractivity contribution in [1.82, 2.24) is 4.90 Å². The third-order valence-corrected chi connectivity index (χ3v) is 2.61. The van der Waals surface area contributed by atoms with Gasteiger partial charge in [-0.15, -0.1) is 0 Å². The summed E-state index contributed by atoms with van der Waals surface area (Å²) in [6, 6.07) is 0.963. The van der Waals surface area contributed by atoms with E-state index in [-0.39, 0.29) is 5.78 Å². The molecule has 0 aliphatic carbocycles. The average molecular weight is 238 g/mol. The molecule has 1 fully saturated rings. The van der Waals surface area contributed by atoms with Crippen LogP contribution in [0.5, 0.6) is 0 Å². The molecule has 0 bridgehead atoms. The second-order valence-corrected chi connectivity index (χ2v) is 5.24. The van der Waals surface area contributed by atoms with E-state index in [4.69, 9.17) is 10.00 Å². The highest BCUT2D eigenvalue weighted by Crippen LogP contribution is 2.26. The highest BCUT2D eigenvalue weighted by atomic mass is 16.6. The van der Waals surface area contributed by atoms with Gasteiger partial charge in [0.05, 0.1) is 12.1 Å². The number of hydrogen-bond donors (Lipinski definition) is 0. The lowest BCUT2D eigenvalue weighted by molar-refractivity contribution is -0.121. The van der Waals surface area contributed by atoms with Gasteiger partial charge in [-0.05, 0) is 40.5 Å². The van der Waals surface area contributed by atoms with Crippen molar-refractivity contribution >= 4 is 11.9 Å². The molecule has 5 nitrogen and oxygen atoms in total. The lowest BCUT2D eigenvalue weighted by Gasteiger charge is -2.29. The van der Waals surface area contributed by atoms with Crippen LogP contribution in [0.15, 0.2) is 0 Å². The van der Waals surface area contributed by atoms with E-state index < -0.39 is 23.8 Å². The van der Waals surface area contributed by atoms with Crippen LogP contribution in [0.25, 0.3) is 0 Å². The molecule has 0 aromatic heterocycles. The van der Waals surface area contributed by atoms with Crippen LogP contribution in [0.3, 0.4) is 0 Å². The highest BCUT2D eigenvalue weighted by Gasteiger charge is 2.41. The SMILES string of the molecule is CC(=O)[C@@H]1CCC(C#N)N1C(=O)OC(C)(C)C. The zero-order valence-corrected chi connectivity index (χ0v) is 10.7. The van der Waals surface area contributed by atoms with Crippen molar-refractivity contribution in [3.8, 4) is 6.07 Å². The van der Waals surface area contributed by atoms with Crippen LogP contribution < -0.4 is 0 Å². The quantitative estimate of drug-likeness (QED) is 0.699. The number of Topliss-reactive ketones (excluding diaryl/α,β-unsaturated/α-hetero) is 1. The molecule has 0 radical (unpaired) electrons. The van der Waals surface area contributed by atoms with E-state index in [1.165, 1.54) is 11.8 Å². The molecule has 0 saturated carbocycles. The van der Waals surface area contributed by atoms with Crippen molar-refractivity contribution in [2.45, 2.75) is 58.2 Å². The molecule has 0 aromatic rings. The molecular weight excluding hydrogens is 220 g/mol. The molecule has 2 atom stereocenters. The van der Waals surface area contributed by atoms with Gasteiger partial charge in [-0.2, -0.15) is 5.26 Å². The maximum absolute atomic E-state index is 11.9. The van der Waals surface area contributed by atoms with Crippen molar-refractivity contribution in [2.24, 2.45) is 0 Å². The van der Waals surface area contributed by atoms with Gasteiger partial charge in [-0.1, -0.05) is 0 Å². The van der Waals surface area contributed by atoms with E-state index in [0.717, 1.165) is 0 Å². The maximum Gasteiger partial charge on any atom is 0.411 e. The Labute approximate surface area is 101 Å². The molecule has 94 valence electrons. The normalized spacial score (nSPS) is 24.3. The van der Waals surface area contributed by atoms with Crippen molar-refractivity contribution in [1.29, 1.82) is 5.26 Å². The van der Waals surface area contributed by atoms with Crippen LogP contribution in [0.4, 0.5) is 4.79 Å². The Kier molecular flexibility index (Phi) is 3.76. The van der Waals surface area contributed by atoms with Gasteiger partial charge < -0.3 is 4.74 Å². The Morgan fingerprint density at radius 1 is 1.35 bits per heavy atom. The van der Waals surface area contributed by atoms with Crippen LogP contribution in [-0.2, 0) is 9.53 Å².